The third kappa shape index (κ3) is 2.29. The molecule has 1 fully saturated rings. The number of carbonyl (C=O) groups excluding carboxylic acids is 1. The first-order chi connectivity index (χ1) is 9.27. The van der Waals surface area contributed by atoms with Crippen LogP contribution in [-0.2, 0) is 0 Å². The lowest BCUT2D eigenvalue weighted by atomic mass is 10.0. The second-order valence-corrected chi connectivity index (χ2v) is 5.04. The van der Waals surface area contributed by atoms with E-state index in [9.17, 15) is 4.79 Å². The molecular weight excluding hydrogens is 240 g/mol. The van der Waals surface area contributed by atoms with Gasteiger partial charge in [-0.1, -0.05) is 18.6 Å². The molecule has 0 aliphatic carbocycles. The highest BCUT2D eigenvalue weighted by Gasteiger charge is 2.25. The lowest BCUT2D eigenvalue weighted by Gasteiger charge is -2.31. The van der Waals surface area contributed by atoms with Crippen molar-refractivity contribution in [2.45, 2.75) is 25.4 Å². The van der Waals surface area contributed by atoms with Gasteiger partial charge < -0.3 is 10.2 Å². The summed E-state index contributed by atoms with van der Waals surface area (Å²) < 4.78 is 5.33. The van der Waals surface area contributed by atoms with Crippen LogP contribution in [0.15, 0.2) is 34.9 Å². The molecule has 0 unspecified atom stereocenters. The Bertz CT molecular complexity index is 585. The number of Topliss-reactive ketones (excluding diaryl/α,β-unsaturated/α-hetero) is 1. The Kier molecular flexibility index (Phi) is 3.36. The van der Waals surface area contributed by atoms with Crippen LogP contribution in [0.4, 0.5) is 0 Å². The van der Waals surface area contributed by atoms with Crippen molar-refractivity contribution < 1.29 is 9.21 Å². The SMILES string of the molecule is N[C@H](C(=O)c1cccc2occc12)N1CCCCC1. The van der Waals surface area contributed by atoms with E-state index in [4.69, 9.17) is 10.2 Å². The van der Waals surface area contributed by atoms with Gasteiger partial charge in [-0.2, -0.15) is 0 Å². The van der Waals surface area contributed by atoms with Gasteiger partial charge in [-0.25, -0.2) is 0 Å². The number of hydrogen-bond donors (Lipinski definition) is 1. The summed E-state index contributed by atoms with van der Waals surface area (Å²) in [6.07, 6.45) is 4.54. The van der Waals surface area contributed by atoms with Gasteiger partial charge in [0, 0.05) is 24.0 Å². The van der Waals surface area contributed by atoms with E-state index in [-0.39, 0.29) is 5.78 Å². The summed E-state index contributed by atoms with van der Waals surface area (Å²) in [5, 5.41) is 0.847. The number of carbonyl (C=O) groups is 1. The summed E-state index contributed by atoms with van der Waals surface area (Å²) in [7, 11) is 0. The Hall–Kier alpha value is -1.65. The number of benzene rings is 1. The van der Waals surface area contributed by atoms with Gasteiger partial charge in [0.2, 0.25) is 0 Å². The van der Waals surface area contributed by atoms with Crippen LogP contribution < -0.4 is 5.73 Å². The number of ketones is 1. The fourth-order valence-electron chi connectivity index (χ4n) is 2.73. The maximum atomic E-state index is 12.5. The topological polar surface area (TPSA) is 59.5 Å². The van der Waals surface area contributed by atoms with Crippen LogP contribution in [-0.4, -0.2) is 29.9 Å². The Morgan fingerprint density at radius 2 is 2.00 bits per heavy atom. The molecule has 0 saturated carbocycles. The number of piperidine rings is 1. The monoisotopic (exact) mass is 258 g/mol. The minimum Gasteiger partial charge on any atom is -0.464 e. The molecule has 1 aromatic heterocycles. The van der Waals surface area contributed by atoms with Gasteiger partial charge in [-0.05, 0) is 25.0 Å². The molecule has 2 aromatic rings. The van der Waals surface area contributed by atoms with Crippen LogP contribution in [0.5, 0.6) is 0 Å². The zero-order valence-electron chi connectivity index (χ0n) is 10.8. The van der Waals surface area contributed by atoms with Gasteiger partial charge >= 0.3 is 0 Å². The predicted molar refractivity (Wildman–Crippen MR) is 73.9 cm³/mol. The van der Waals surface area contributed by atoms with E-state index in [1.165, 1.54) is 6.42 Å². The summed E-state index contributed by atoms with van der Waals surface area (Å²) in [4.78, 5) is 14.6. The Morgan fingerprint density at radius 1 is 1.21 bits per heavy atom. The predicted octanol–water partition coefficient (Wildman–Crippen LogP) is 2.39. The van der Waals surface area contributed by atoms with Gasteiger partial charge in [0.25, 0.3) is 0 Å². The van der Waals surface area contributed by atoms with Gasteiger partial charge in [-0.3, -0.25) is 9.69 Å². The molecule has 0 spiro atoms. The standard InChI is InChI=1S/C15H18N2O2/c16-15(17-8-2-1-3-9-17)14(18)12-5-4-6-13-11(12)7-10-19-13/h4-7,10,15H,1-3,8-9,16H2/t15-/m0/s1. The fourth-order valence-corrected chi connectivity index (χ4v) is 2.73. The Morgan fingerprint density at radius 3 is 2.79 bits per heavy atom. The van der Waals surface area contributed by atoms with E-state index in [1.807, 2.05) is 24.3 Å². The molecule has 3 rings (SSSR count). The van der Waals surface area contributed by atoms with Crippen LogP contribution >= 0.6 is 0 Å². The van der Waals surface area contributed by atoms with Gasteiger partial charge in [-0.15, -0.1) is 0 Å². The second-order valence-electron chi connectivity index (χ2n) is 5.04. The van der Waals surface area contributed by atoms with E-state index in [2.05, 4.69) is 4.90 Å². The van der Waals surface area contributed by atoms with Crippen molar-refractivity contribution in [1.29, 1.82) is 0 Å². The summed E-state index contributed by atoms with van der Waals surface area (Å²) in [5.41, 5.74) is 7.52. The summed E-state index contributed by atoms with van der Waals surface area (Å²) >= 11 is 0. The van der Waals surface area contributed by atoms with E-state index in [0.717, 1.165) is 36.9 Å². The number of furan rings is 1. The van der Waals surface area contributed by atoms with E-state index >= 15 is 0 Å². The van der Waals surface area contributed by atoms with Crippen molar-refractivity contribution >= 4 is 16.8 Å². The Labute approximate surface area is 112 Å². The zero-order valence-corrected chi connectivity index (χ0v) is 10.8. The fraction of sp³-hybridized carbons (Fsp3) is 0.400. The molecule has 2 N–H and O–H groups in total. The molecule has 0 radical (unpaired) electrons. The van der Waals surface area contributed by atoms with Crippen LogP contribution in [0.3, 0.4) is 0 Å². The molecule has 2 heterocycles. The van der Waals surface area contributed by atoms with Crippen LogP contribution in [0, 0.1) is 0 Å². The smallest absolute Gasteiger partial charge is 0.195 e. The van der Waals surface area contributed by atoms with Crippen LogP contribution in [0.1, 0.15) is 29.6 Å². The molecule has 1 atom stereocenters. The minimum absolute atomic E-state index is 0.0195. The third-order valence-corrected chi connectivity index (χ3v) is 3.81. The first-order valence-corrected chi connectivity index (χ1v) is 6.77. The van der Waals surface area contributed by atoms with Crippen LogP contribution in [0.2, 0.25) is 0 Å². The number of nitrogens with zero attached hydrogens (tertiary/aromatic N) is 1. The van der Waals surface area contributed by atoms with Crippen molar-refractivity contribution in [1.82, 2.24) is 4.90 Å². The highest BCUT2D eigenvalue weighted by Crippen LogP contribution is 2.22. The number of nitrogens with two attached hydrogens (primary N) is 1. The number of rotatable bonds is 3. The molecule has 4 heteroatoms. The van der Waals surface area contributed by atoms with Gasteiger partial charge in [0.05, 0.1) is 6.26 Å². The normalized spacial score (nSPS) is 18.6. The number of hydrogen-bond acceptors (Lipinski definition) is 4. The molecule has 1 aromatic carbocycles. The molecule has 4 nitrogen and oxygen atoms in total. The first kappa shape index (κ1) is 12.4. The molecule has 1 aliphatic heterocycles. The Balaban J connectivity index is 1.88. The average molecular weight is 258 g/mol. The molecule has 19 heavy (non-hydrogen) atoms. The maximum absolute atomic E-state index is 12.5. The van der Waals surface area contributed by atoms with Crippen molar-refractivity contribution in [3.63, 3.8) is 0 Å². The maximum Gasteiger partial charge on any atom is 0.195 e. The minimum atomic E-state index is -0.541. The third-order valence-electron chi connectivity index (χ3n) is 3.81. The van der Waals surface area contributed by atoms with E-state index in [1.54, 1.807) is 6.26 Å². The van der Waals surface area contributed by atoms with Crippen molar-refractivity contribution in [2.75, 3.05) is 13.1 Å². The average Bonchev–Trinajstić information content (AvgIpc) is 2.95. The summed E-state index contributed by atoms with van der Waals surface area (Å²) in [6.45, 7) is 1.82. The number of likely N-dealkylation sites (tertiary alicyclic amines) is 1. The summed E-state index contributed by atoms with van der Waals surface area (Å²) in [6, 6.07) is 7.34. The molecule has 1 saturated heterocycles. The van der Waals surface area contributed by atoms with Gasteiger partial charge in [0.15, 0.2) is 5.78 Å². The highest BCUT2D eigenvalue weighted by atomic mass is 16.3. The van der Waals surface area contributed by atoms with E-state index in [0.29, 0.717) is 5.56 Å². The lowest BCUT2D eigenvalue weighted by Crippen LogP contribution is -2.49. The lowest BCUT2D eigenvalue weighted by molar-refractivity contribution is 0.0793. The van der Waals surface area contributed by atoms with Crippen molar-refractivity contribution in [2.24, 2.45) is 5.73 Å². The largest absolute Gasteiger partial charge is 0.464 e. The van der Waals surface area contributed by atoms with Crippen molar-refractivity contribution in [3.8, 4) is 0 Å². The molecule has 0 bridgehead atoms. The van der Waals surface area contributed by atoms with Crippen molar-refractivity contribution in [3.05, 3.63) is 36.1 Å². The van der Waals surface area contributed by atoms with Crippen LogP contribution in [0.25, 0.3) is 11.0 Å². The van der Waals surface area contributed by atoms with E-state index < -0.39 is 6.17 Å². The number of fused-ring (bicyclic) bond motifs is 1. The highest BCUT2D eigenvalue weighted by molar-refractivity contribution is 6.09. The summed E-state index contributed by atoms with van der Waals surface area (Å²) in [5.74, 6) is -0.0195. The quantitative estimate of drug-likeness (QED) is 0.859. The second kappa shape index (κ2) is 5.15. The zero-order chi connectivity index (χ0) is 13.2. The molecular formula is C15H18N2O2. The molecule has 0 amide bonds. The first-order valence-electron chi connectivity index (χ1n) is 6.77. The van der Waals surface area contributed by atoms with Gasteiger partial charge in [0.1, 0.15) is 11.7 Å². The molecule has 100 valence electrons. The molecule has 1 aliphatic rings.